The van der Waals surface area contributed by atoms with E-state index in [1.807, 2.05) is 12.1 Å². The average molecular weight is 377 g/mol. The van der Waals surface area contributed by atoms with Gasteiger partial charge in [0.1, 0.15) is 0 Å². The van der Waals surface area contributed by atoms with Crippen molar-refractivity contribution in [2.24, 2.45) is 5.73 Å². The second-order valence-corrected chi connectivity index (χ2v) is 5.48. The Morgan fingerprint density at radius 3 is 2.25 bits per heavy atom. The fourth-order valence-corrected chi connectivity index (χ4v) is 2.48. The lowest BCUT2D eigenvalue weighted by atomic mass is 10.1. The zero-order chi connectivity index (χ0) is 15.8. The maximum absolute atomic E-state index is 12.0. The van der Waals surface area contributed by atoms with Crippen LogP contribution in [0.5, 0.6) is 0 Å². The van der Waals surface area contributed by atoms with Crippen molar-refractivity contribution in [2.45, 2.75) is 19.4 Å². The zero-order valence-corrected chi connectivity index (χ0v) is 15.3. The highest BCUT2D eigenvalue weighted by Gasteiger charge is 2.11. The summed E-state index contributed by atoms with van der Waals surface area (Å²) in [6.45, 7) is 4.27. The first-order valence-corrected chi connectivity index (χ1v) is 7.75. The minimum absolute atomic E-state index is 0. The molecule has 0 bridgehead atoms. The Kier molecular flexibility index (Phi) is 11.4. The van der Waals surface area contributed by atoms with E-state index in [1.165, 1.54) is 12.8 Å². The van der Waals surface area contributed by atoms with Crippen LogP contribution in [0.3, 0.4) is 0 Å². The summed E-state index contributed by atoms with van der Waals surface area (Å²) in [5.41, 5.74) is 6.80. The van der Waals surface area contributed by atoms with Crippen LogP contribution in [-0.4, -0.2) is 49.4 Å². The molecule has 8 heteroatoms. The summed E-state index contributed by atoms with van der Waals surface area (Å²) in [5.74, 6) is -0.250. The first-order chi connectivity index (χ1) is 10.7. The van der Waals surface area contributed by atoms with E-state index >= 15 is 0 Å². The van der Waals surface area contributed by atoms with Gasteiger partial charge in [-0.15, -0.1) is 24.8 Å². The number of nitrogens with zero attached hydrogens (tertiary/aromatic N) is 1. The van der Waals surface area contributed by atoms with Crippen LogP contribution in [0.4, 0.5) is 0 Å². The molecular weight excluding hydrogens is 351 g/mol. The van der Waals surface area contributed by atoms with Crippen molar-refractivity contribution in [2.75, 3.05) is 32.7 Å². The number of likely N-dealkylation sites (tertiary alicyclic amines) is 1. The van der Waals surface area contributed by atoms with Crippen LogP contribution in [0.2, 0.25) is 0 Å². The third-order valence-electron chi connectivity index (χ3n) is 3.80. The second-order valence-electron chi connectivity index (χ2n) is 5.48. The summed E-state index contributed by atoms with van der Waals surface area (Å²) < 4.78 is 0. The Bertz CT molecular complexity index is 505. The van der Waals surface area contributed by atoms with Crippen molar-refractivity contribution in [3.8, 4) is 0 Å². The van der Waals surface area contributed by atoms with E-state index in [1.54, 1.807) is 12.1 Å². The molecule has 4 N–H and O–H groups in total. The largest absolute Gasteiger partial charge is 0.351 e. The second kappa shape index (κ2) is 12.1. The van der Waals surface area contributed by atoms with Crippen LogP contribution in [0.25, 0.3) is 0 Å². The van der Waals surface area contributed by atoms with E-state index in [2.05, 4.69) is 15.5 Å². The molecule has 0 unspecified atom stereocenters. The molecule has 1 heterocycles. The molecule has 0 aliphatic carbocycles. The predicted molar refractivity (Wildman–Crippen MR) is 99.8 cm³/mol. The Hall–Kier alpha value is -1.34. The van der Waals surface area contributed by atoms with Gasteiger partial charge in [-0.1, -0.05) is 12.1 Å². The molecule has 1 aromatic carbocycles. The topological polar surface area (TPSA) is 87.5 Å². The van der Waals surface area contributed by atoms with Crippen LogP contribution < -0.4 is 16.4 Å². The third kappa shape index (κ3) is 7.49. The van der Waals surface area contributed by atoms with Crippen molar-refractivity contribution in [3.05, 3.63) is 35.4 Å². The molecule has 0 atom stereocenters. The van der Waals surface area contributed by atoms with E-state index in [9.17, 15) is 9.59 Å². The quantitative estimate of drug-likeness (QED) is 0.660. The number of nitrogens with two attached hydrogens (primary N) is 1. The standard InChI is InChI=1S/C16H24N4O2.2ClH/c17-11-15(21)19-12-13-3-5-14(6-4-13)16(22)18-7-10-20-8-1-2-9-20;;/h3-6H,1-2,7-12,17H2,(H,18,22)(H,19,21);2*1H. The molecule has 1 aromatic rings. The highest BCUT2D eigenvalue weighted by atomic mass is 35.5. The number of hydrogen-bond donors (Lipinski definition) is 3. The van der Waals surface area contributed by atoms with E-state index in [4.69, 9.17) is 5.73 Å². The van der Waals surface area contributed by atoms with Crippen LogP contribution in [0, 0.1) is 0 Å². The monoisotopic (exact) mass is 376 g/mol. The molecule has 1 aliphatic rings. The van der Waals surface area contributed by atoms with Crippen LogP contribution >= 0.6 is 24.8 Å². The number of rotatable bonds is 7. The molecule has 1 aliphatic heterocycles. The highest BCUT2D eigenvalue weighted by Crippen LogP contribution is 2.06. The van der Waals surface area contributed by atoms with Gasteiger partial charge in [-0.3, -0.25) is 9.59 Å². The molecule has 0 aromatic heterocycles. The normalized spacial score (nSPS) is 13.5. The number of halogens is 2. The fourth-order valence-electron chi connectivity index (χ4n) is 2.48. The van der Waals surface area contributed by atoms with Crippen LogP contribution in [0.15, 0.2) is 24.3 Å². The smallest absolute Gasteiger partial charge is 0.251 e. The molecule has 0 spiro atoms. The number of carbonyl (C=O) groups excluding carboxylic acids is 2. The van der Waals surface area contributed by atoms with Gasteiger partial charge in [-0.25, -0.2) is 0 Å². The summed E-state index contributed by atoms with van der Waals surface area (Å²) in [4.78, 5) is 25.5. The van der Waals surface area contributed by atoms with E-state index in [0.717, 1.165) is 25.2 Å². The van der Waals surface area contributed by atoms with Gasteiger partial charge in [-0.2, -0.15) is 0 Å². The minimum atomic E-state index is -0.191. The molecule has 1 fully saturated rings. The molecule has 2 amide bonds. The Morgan fingerprint density at radius 1 is 1.04 bits per heavy atom. The molecule has 1 saturated heterocycles. The number of nitrogens with one attached hydrogen (secondary N) is 2. The summed E-state index contributed by atoms with van der Waals surface area (Å²) in [6, 6.07) is 7.22. The number of benzene rings is 1. The summed E-state index contributed by atoms with van der Waals surface area (Å²) >= 11 is 0. The van der Waals surface area contributed by atoms with Gasteiger partial charge in [0.2, 0.25) is 5.91 Å². The zero-order valence-electron chi connectivity index (χ0n) is 13.6. The highest BCUT2D eigenvalue weighted by molar-refractivity contribution is 5.94. The van der Waals surface area contributed by atoms with E-state index in [0.29, 0.717) is 18.7 Å². The SMILES string of the molecule is Cl.Cl.NCC(=O)NCc1ccc(C(=O)NCCN2CCCC2)cc1. The van der Waals surface area contributed by atoms with E-state index < -0.39 is 0 Å². The minimum Gasteiger partial charge on any atom is -0.351 e. The van der Waals surface area contributed by atoms with E-state index in [-0.39, 0.29) is 43.2 Å². The molecule has 0 radical (unpaired) electrons. The molecule has 24 heavy (non-hydrogen) atoms. The number of hydrogen-bond acceptors (Lipinski definition) is 4. The summed E-state index contributed by atoms with van der Waals surface area (Å²) in [6.07, 6.45) is 2.52. The predicted octanol–water partition coefficient (Wildman–Crippen LogP) is 0.931. The lowest BCUT2D eigenvalue weighted by Gasteiger charge is -2.14. The molecule has 136 valence electrons. The van der Waals surface area contributed by atoms with Gasteiger partial charge in [-0.05, 0) is 43.6 Å². The van der Waals surface area contributed by atoms with Gasteiger partial charge in [0.25, 0.3) is 5.91 Å². The Labute approximate surface area is 155 Å². The van der Waals surface area contributed by atoms with Crippen molar-refractivity contribution in [1.29, 1.82) is 0 Å². The molecule has 0 saturated carbocycles. The van der Waals surface area contributed by atoms with Crippen molar-refractivity contribution in [1.82, 2.24) is 15.5 Å². The first kappa shape index (κ1) is 22.7. The van der Waals surface area contributed by atoms with Gasteiger partial charge < -0.3 is 21.3 Å². The lowest BCUT2D eigenvalue weighted by Crippen LogP contribution is -2.33. The first-order valence-electron chi connectivity index (χ1n) is 7.75. The average Bonchev–Trinajstić information content (AvgIpc) is 3.06. The lowest BCUT2D eigenvalue weighted by molar-refractivity contribution is -0.119. The van der Waals surface area contributed by atoms with Gasteiger partial charge >= 0.3 is 0 Å². The summed E-state index contributed by atoms with van der Waals surface area (Å²) in [5, 5.41) is 5.63. The number of amides is 2. The fraction of sp³-hybridized carbons (Fsp3) is 0.500. The summed E-state index contributed by atoms with van der Waals surface area (Å²) in [7, 11) is 0. The van der Waals surface area contributed by atoms with Crippen LogP contribution in [0.1, 0.15) is 28.8 Å². The Balaban J connectivity index is 0.00000264. The molecule has 2 rings (SSSR count). The molecular formula is C16H26Cl2N4O2. The van der Waals surface area contributed by atoms with Crippen molar-refractivity contribution < 1.29 is 9.59 Å². The van der Waals surface area contributed by atoms with Crippen LogP contribution in [-0.2, 0) is 11.3 Å². The third-order valence-corrected chi connectivity index (χ3v) is 3.80. The maximum Gasteiger partial charge on any atom is 0.251 e. The van der Waals surface area contributed by atoms with Gasteiger partial charge in [0.15, 0.2) is 0 Å². The molecule has 6 nitrogen and oxygen atoms in total. The van der Waals surface area contributed by atoms with Gasteiger partial charge in [0.05, 0.1) is 6.54 Å². The van der Waals surface area contributed by atoms with Crippen molar-refractivity contribution in [3.63, 3.8) is 0 Å². The maximum atomic E-state index is 12.0. The van der Waals surface area contributed by atoms with Gasteiger partial charge in [0, 0.05) is 25.2 Å². The Morgan fingerprint density at radius 2 is 1.67 bits per heavy atom. The number of carbonyl (C=O) groups is 2. The van der Waals surface area contributed by atoms with Crippen molar-refractivity contribution >= 4 is 36.6 Å².